The van der Waals surface area contributed by atoms with E-state index < -0.39 is 0 Å². The highest BCUT2D eigenvalue weighted by atomic mass is 16.7. The molecule has 0 bridgehead atoms. The molecule has 124 valence electrons. The lowest BCUT2D eigenvalue weighted by Gasteiger charge is -2.02. The molecular formula is C19H12O6. The third-order valence-corrected chi connectivity index (χ3v) is 4.29. The van der Waals surface area contributed by atoms with Gasteiger partial charge in [0.2, 0.25) is 18.3 Å². The van der Waals surface area contributed by atoms with Crippen molar-refractivity contribution >= 4 is 27.7 Å². The van der Waals surface area contributed by atoms with Gasteiger partial charge >= 0.3 is 0 Å². The van der Waals surface area contributed by atoms with Crippen molar-refractivity contribution in [2.75, 3.05) is 13.9 Å². The highest BCUT2D eigenvalue weighted by Crippen LogP contribution is 2.39. The molecule has 0 saturated carbocycles. The maximum atomic E-state index is 13.0. The number of carbonyl (C=O) groups is 1. The smallest absolute Gasteiger partial charge is 0.232 e. The number of benzene rings is 2. The quantitative estimate of drug-likeness (QED) is 0.524. The highest BCUT2D eigenvalue weighted by Gasteiger charge is 2.26. The summed E-state index contributed by atoms with van der Waals surface area (Å²) in [6, 6.07) is 10.5. The number of fused-ring (bicyclic) bond motifs is 4. The third-order valence-electron chi connectivity index (χ3n) is 4.29. The van der Waals surface area contributed by atoms with Crippen molar-refractivity contribution in [2.24, 2.45) is 0 Å². The summed E-state index contributed by atoms with van der Waals surface area (Å²) in [5, 5.41) is 1.51. The van der Waals surface area contributed by atoms with Gasteiger partial charge in [0.05, 0.1) is 24.1 Å². The van der Waals surface area contributed by atoms with Crippen LogP contribution in [0.4, 0.5) is 0 Å². The Morgan fingerprint density at radius 2 is 1.92 bits per heavy atom. The molecule has 0 radical (unpaired) electrons. The Morgan fingerprint density at radius 1 is 1.04 bits per heavy atom. The maximum absolute atomic E-state index is 13.0. The van der Waals surface area contributed by atoms with Gasteiger partial charge < -0.3 is 23.0 Å². The van der Waals surface area contributed by atoms with Gasteiger partial charge in [0.15, 0.2) is 17.2 Å². The fraction of sp³-hybridized carbons (Fsp3) is 0.105. The number of ketones is 1. The summed E-state index contributed by atoms with van der Waals surface area (Å²) in [6.45, 7) is 0.152. The van der Waals surface area contributed by atoms with Gasteiger partial charge in [-0.2, -0.15) is 0 Å². The monoisotopic (exact) mass is 336 g/mol. The molecule has 0 atom stereocenters. The van der Waals surface area contributed by atoms with Gasteiger partial charge in [-0.25, -0.2) is 0 Å². The molecule has 3 heterocycles. The zero-order valence-electron chi connectivity index (χ0n) is 13.2. The van der Waals surface area contributed by atoms with Crippen LogP contribution in [0.25, 0.3) is 21.9 Å². The predicted octanol–water partition coefficient (Wildman–Crippen LogP) is 4.15. The number of ether oxygens (including phenoxy) is 3. The molecule has 6 nitrogen and oxygen atoms in total. The normalized spacial score (nSPS) is 12.8. The van der Waals surface area contributed by atoms with Crippen LogP contribution < -0.4 is 14.2 Å². The van der Waals surface area contributed by atoms with Crippen molar-refractivity contribution in [1.82, 2.24) is 0 Å². The largest absolute Gasteiger partial charge is 0.492 e. The third kappa shape index (κ3) is 1.94. The number of furan rings is 2. The van der Waals surface area contributed by atoms with E-state index in [2.05, 4.69) is 0 Å². The van der Waals surface area contributed by atoms with Crippen molar-refractivity contribution in [3.05, 3.63) is 54.0 Å². The molecule has 0 N–H and O–H groups in total. The minimum absolute atomic E-state index is 0.144. The summed E-state index contributed by atoms with van der Waals surface area (Å²) in [5.74, 6) is 1.42. The van der Waals surface area contributed by atoms with Crippen molar-refractivity contribution in [3.8, 4) is 17.2 Å². The zero-order chi connectivity index (χ0) is 17.0. The maximum Gasteiger partial charge on any atom is 0.232 e. The van der Waals surface area contributed by atoms with E-state index in [1.807, 2.05) is 12.1 Å². The fourth-order valence-corrected chi connectivity index (χ4v) is 3.10. The molecule has 0 amide bonds. The Balaban J connectivity index is 1.70. The SMILES string of the molecule is COc1c(C(=O)c2ccc3c(c2)OCO3)oc2c1ccc1occc12. The fourth-order valence-electron chi connectivity index (χ4n) is 3.10. The van der Waals surface area contributed by atoms with E-state index in [1.165, 1.54) is 7.11 Å². The van der Waals surface area contributed by atoms with E-state index in [-0.39, 0.29) is 18.3 Å². The molecule has 0 aliphatic carbocycles. The highest BCUT2D eigenvalue weighted by molar-refractivity contribution is 6.15. The zero-order valence-corrected chi connectivity index (χ0v) is 13.2. The molecular weight excluding hydrogens is 324 g/mol. The summed E-state index contributed by atoms with van der Waals surface area (Å²) < 4.78 is 27.4. The Hall–Kier alpha value is -3.41. The second-order valence-electron chi connectivity index (χ2n) is 5.64. The lowest BCUT2D eigenvalue weighted by atomic mass is 10.1. The summed E-state index contributed by atoms with van der Waals surface area (Å²) in [5.41, 5.74) is 1.68. The van der Waals surface area contributed by atoms with Crippen molar-refractivity contribution in [1.29, 1.82) is 0 Å². The minimum atomic E-state index is -0.289. The van der Waals surface area contributed by atoms with E-state index in [0.717, 1.165) is 10.8 Å². The van der Waals surface area contributed by atoms with Crippen LogP contribution in [-0.2, 0) is 0 Å². The van der Waals surface area contributed by atoms with Crippen molar-refractivity contribution < 1.29 is 27.8 Å². The predicted molar refractivity (Wildman–Crippen MR) is 88.5 cm³/mol. The van der Waals surface area contributed by atoms with Crippen LogP contribution in [0, 0.1) is 0 Å². The first-order valence-electron chi connectivity index (χ1n) is 7.67. The number of methoxy groups -OCH3 is 1. The lowest BCUT2D eigenvalue weighted by Crippen LogP contribution is -2.01. The Bertz CT molecular complexity index is 1130. The van der Waals surface area contributed by atoms with Gasteiger partial charge in [-0.1, -0.05) is 0 Å². The molecule has 1 aliphatic rings. The number of rotatable bonds is 3. The number of hydrogen-bond donors (Lipinski definition) is 0. The summed E-state index contributed by atoms with van der Waals surface area (Å²) in [6.07, 6.45) is 1.58. The molecule has 1 aliphatic heterocycles. The van der Waals surface area contributed by atoms with E-state index in [1.54, 1.807) is 30.5 Å². The average Bonchev–Trinajstić information content (AvgIpc) is 3.35. The molecule has 4 aromatic rings. The van der Waals surface area contributed by atoms with Crippen LogP contribution in [-0.4, -0.2) is 19.7 Å². The molecule has 0 saturated heterocycles. The summed E-state index contributed by atoms with van der Waals surface area (Å²) >= 11 is 0. The van der Waals surface area contributed by atoms with E-state index in [9.17, 15) is 4.79 Å². The van der Waals surface area contributed by atoms with Crippen LogP contribution in [0.2, 0.25) is 0 Å². The van der Waals surface area contributed by atoms with E-state index >= 15 is 0 Å². The van der Waals surface area contributed by atoms with Gasteiger partial charge in [0.1, 0.15) is 11.2 Å². The second kappa shape index (κ2) is 5.04. The number of hydrogen-bond acceptors (Lipinski definition) is 6. The Labute approximate surface area is 141 Å². The van der Waals surface area contributed by atoms with E-state index in [0.29, 0.717) is 34.0 Å². The average molecular weight is 336 g/mol. The topological polar surface area (TPSA) is 71.0 Å². The molecule has 5 rings (SSSR count). The van der Waals surface area contributed by atoms with Crippen LogP contribution in [0.5, 0.6) is 17.2 Å². The number of carbonyl (C=O) groups excluding carboxylic acids is 1. The Morgan fingerprint density at radius 3 is 2.80 bits per heavy atom. The molecule has 2 aromatic carbocycles. The van der Waals surface area contributed by atoms with Gasteiger partial charge in [-0.15, -0.1) is 0 Å². The first-order valence-corrected chi connectivity index (χ1v) is 7.67. The first kappa shape index (κ1) is 14.0. The standard InChI is InChI=1S/C19H12O6/c1-21-18-12-3-5-13-11(6-7-22-13)17(12)25-19(18)16(20)10-2-4-14-15(8-10)24-9-23-14/h2-8H,9H2,1H3. The molecule has 0 fully saturated rings. The molecule has 6 heteroatoms. The van der Waals surface area contributed by atoms with Crippen molar-refractivity contribution in [3.63, 3.8) is 0 Å². The van der Waals surface area contributed by atoms with Crippen LogP contribution in [0.3, 0.4) is 0 Å². The molecule has 0 unspecified atom stereocenters. The van der Waals surface area contributed by atoms with Gasteiger partial charge in [0, 0.05) is 5.56 Å². The molecule has 0 spiro atoms. The lowest BCUT2D eigenvalue weighted by molar-refractivity contribution is 0.101. The van der Waals surface area contributed by atoms with Gasteiger partial charge in [0.25, 0.3) is 0 Å². The molecule has 2 aromatic heterocycles. The van der Waals surface area contributed by atoms with E-state index in [4.69, 9.17) is 23.0 Å². The van der Waals surface area contributed by atoms with Crippen molar-refractivity contribution in [2.45, 2.75) is 0 Å². The second-order valence-corrected chi connectivity index (χ2v) is 5.64. The van der Waals surface area contributed by atoms with Crippen LogP contribution in [0.15, 0.2) is 51.5 Å². The van der Waals surface area contributed by atoms with Gasteiger partial charge in [-0.3, -0.25) is 4.79 Å². The van der Waals surface area contributed by atoms with Gasteiger partial charge in [-0.05, 0) is 36.4 Å². The minimum Gasteiger partial charge on any atom is -0.492 e. The van der Waals surface area contributed by atoms with Crippen LogP contribution in [0.1, 0.15) is 16.1 Å². The molecule has 25 heavy (non-hydrogen) atoms. The Kier molecular flexibility index (Phi) is 2.82. The summed E-state index contributed by atoms with van der Waals surface area (Å²) in [4.78, 5) is 13.0. The first-order chi connectivity index (χ1) is 12.3. The summed E-state index contributed by atoms with van der Waals surface area (Å²) in [7, 11) is 1.51. The van der Waals surface area contributed by atoms with Crippen LogP contribution >= 0.6 is 0 Å².